The monoisotopic (exact) mass is 300 g/mol. The van der Waals surface area contributed by atoms with Gasteiger partial charge in [0.05, 0.1) is 12.2 Å². The second-order valence-corrected chi connectivity index (χ2v) is 5.27. The van der Waals surface area contributed by atoms with E-state index in [1.54, 1.807) is 10.6 Å². The van der Waals surface area contributed by atoms with E-state index in [-0.39, 0.29) is 6.54 Å². The predicted molar refractivity (Wildman–Crippen MR) is 74.1 cm³/mol. The van der Waals surface area contributed by atoms with Crippen LogP contribution in [-0.2, 0) is 6.54 Å². The van der Waals surface area contributed by atoms with Crippen LogP contribution in [0, 0.1) is 13.8 Å². The van der Waals surface area contributed by atoms with Crippen molar-refractivity contribution in [3.8, 4) is 0 Å². The Morgan fingerprint density at radius 2 is 1.95 bits per heavy atom. The Morgan fingerprint density at radius 1 is 1.24 bits per heavy atom. The van der Waals surface area contributed by atoms with Crippen LogP contribution in [0.2, 0.25) is 0 Å². The number of fused-ring (bicyclic) bond motifs is 1. The highest BCUT2D eigenvalue weighted by atomic mass is 19.4. The van der Waals surface area contributed by atoms with E-state index < -0.39 is 12.7 Å². The first-order valence-corrected chi connectivity index (χ1v) is 6.90. The van der Waals surface area contributed by atoms with Crippen LogP contribution >= 0.6 is 0 Å². The lowest BCUT2D eigenvalue weighted by Gasteiger charge is -2.21. The third-order valence-corrected chi connectivity index (χ3v) is 3.14. The van der Waals surface area contributed by atoms with Gasteiger partial charge >= 0.3 is 6.18 Å². The Hall–Kier alpha value is -1.63. The van der Waals surface area contributed by atoms with E-state index >= 15 is 0 Å². The SMILES string of the molecule is CCCN(Cc1cn2c(C)cc(C)nc2n1)CC(F)(F)F. The van der Waals surface area contributed by atoms with Gasteiger partial charge in [-0.2, -0.15) is 13.2 Å². The van der Waals surface area contributed by atoms with E-state index in [1.165, 1.54) is 4.90 Å². The van der Waals surface area contributed by atoms with E-state index in [0.717, 1.165) is 11.4 Å². The summed E-state index contributed by atoms with van der Waals surface area (Å²) in [5, 5.41) is 0. The second kappa shape index (κ2) is 6.01. The first-order valence-electron chi connectivity index (χ1n) is 6.90. The van der Waals surface area contributed by atoms with Crippen molar-refractivity contribution in [2.24, 2.45) is 0 Å². The number of imidazole rings is 1. The summed E-state index contributed by atoms with van der Waals surface area (Å²) in [6.07, 6.45) is -1.77. The standard InChI is InChI=1S/C14H19F3N4/c1-4-5-20(9-14(15,16)17)7-12-8-21-11(3)6-10(2)18-13(21)19-12/h6,8H,4-5,7,9H2,1-3H3. The molecule has 4 nitrogen and oxygen atoms in total. The summed E-state index contributed by atoms with van der Waals surface area (Å²) in [4.78, 5) is 9.99. The minimum Gasteiger partial charge on any atom is -0.289 e. The lowest BCUT2D eigenvalue weighted by Crippen LogP contribution is -2.34. The molecule has 21 heavy (non-hydrogen) atoms. The highest BCUT2D eigenvalue weighted by molar-refractivity contribution is 5.34. The molecule has 2 rings (SSSR count). The average molecular weight is 300 g/mol. The van der Waals surface area contributed by atoms with Gasteiger partial charge in [0.1, 0.15) is 0 Å². The molecule has 116 valence electrons. The van der Waals surface area contributed by atoms with Gasteiger partial charge in [0.25, 0.3) is 0 Å². The minimum atomic E-state index is -4.20. The zero-order valence-electron chi connectivity index (χ0n) is 12.4. The maximum absolute atomic E-state index is 12.6. The van der Waals surface area contributed by atoms with Gasteiger partial charge in [-0.3, -0.25) is 9.30 Å². The normalized spacial score (nSPS) is 12.5. The van der Waals surface area contributed by atoms with E-state index in [0.29, 0.717) is 24.4 Å². The zero-order valence-corrected chi connectivity index (χ0v) is 12.4. The van der Waals surface area contributed by atoms with Crippen molar-refractivity contribution in [3.63, 3.8) is 0 Å². The van der Waals surface area contributed by atoms with Crippen molar-refractivity contribution in [3.05, 3.63) is 29.3 Å². The molecule has 0 radical (unpaired) electrons. The van der Waals surface area contributed by atoms with Gasteiger partial charge in [0.15, 0.2) is 0 Å². The van der Waals surface area contributed by atoms with Crippen LogP contribution < -0.4 is 0 Å². The summed E-state index contributed by atoms with van der Waals surface area (Å²) in [7, 11) is 0. The molecule has 0 spiro atoms. The molecule has 0 aromatic carbocycles. The molecule has 0 aliphatic carbocycles. The van der Waals surface area contributed by atoms with Crippen LogP contribution in [-0.4, -0.2) is 38.5 Å². The summed E-state index contributed by atoms with van der Waals surface area (Å²) in [6, 6.07) is 1.91. The number of halogens is 3. The van der Waals surface area contributed by atoms with Crippen molar-refractivity contribution < 1.29 is 13.2 Å². The van der Waals surface area contributed by atoms with Crippen LogP contribution in [0.5, 0.6) is 0 Å². The van der Waals surface area contributed by atoms with Crippen LogP contribution in [0.4, 0.5) is 13.2 Å². The molecule has 7 heteroatoms. The molecule has 0 fully saturated rings. The van der Waals surface area contributed by atoms with E-state index in [4.69, 9.17) is 0 Å². The molecule has 0 amide bonds. The van der Waals surface area contributed by atoms with Crippen molar-refractivity contribution >= 4 is 5.78 Å². The quantitative estimate of drug-likeness (QED) is 0.850. The molecule has 0 N–H and O–H groups in total. The van der Waals surface area contributed by atoms with Crippen molar-refractivity contribution in [1.82, 2.24) is 19.3 Å². The number of nitrogens with zero attached hydrogens (tertiary/aromatic N) is 4. The molecule has 0 bridgehead atoms. The van der Waals surface area contributed by atoms with Gasteiger partial charge in [-0.05, 0) is 32.9 Å². The highest BCUT2D eigenvalue weighted by Crippen LogP contribution is 2.18. The first-order chi connectivity index (χ1) is 9.78. The Morgan fingerprint density at radius 3 is 2.57 bits per heavy atom. The van der Waals surface area contributed by atoms with Crippen LogP contribution in [0.3, 0.4) is 0 Å². The van der Waals surface area contributed by atoms with Gasteiger partial charge < -0.3 is 0 Å². The Labute approximate surface area is 121 Å². The molecular weight excluding hydrogens is 281 g/mol. The number of hydrogen-bond donors (Lipinski definition) is 0. The summed E-state index contributed by atoms with van der Waals surface area (Å²) in [5.41, 5.74) is 2.42. The smallest absolute Gasteiger partial charge is 0.289 e. The fourth-order valence-electron chi connectivity index (χ4n) is 2.41. The maximum Gasteiger partial charge on any atom is 0.401 e. The lowest BCUT2D eigenvalue weighted by molar-refractivity contribution is -0.147. The molecule has 0 saturated carbocycles. The van der Waals surface area contributed by atoms with Crippen molar-refractivity contribution in [2.45, 2.75) is 39.9 Å². The Bertz CT molecular complexity index is 618. The van der Waals surface area contributed by atoms with E-state index in [1.807, 2.05) is 26.8 Å². The second-order valence-electron chi connectivity index (χ2n) is 5.27. The Kier molecular flexibility index (Phi) is 4.51. The molecule has 2 aromatic heterocycles. The number of alkyl halides is 3. The fourth-order valence-corrected chi connectivity index (χ4v) is 2.41. The molecule has 0 unspecified atom stereocenters. The topological polar surface area (TPSA) is 33.4 Å². The Balaban J connectivity index is 2.22. The van der Waals surface area contributed by atoms with Gasteiger partial charge in [0.2, 0.25) is 5.78 Å². The largest absolute Gasteiger partial charge is 0.401 e. The van der Waals surface area contributed by atoms with E-state index in [9.17, 15) is 13.2 Å². The molecule has 0 aliphatic rings. The number of rotatable bonds is 5. The highest BCUT2D eigenvalue weighted by Gasteiger charge is 2.30. The van der Waals surface area contributed by atoms with Gasteiger partial charge in [-0.15, -0.1) is 0 Å². The third-order valence-electron chi connectivity index (χ3n) is 3.14. The minimum absolute atomic E-state index is 0.176. The number of hydrogen-bond acceptors (Lipinski definition) is 3. The maximum atomic E-state index is 12.6. The van der Waals surface area contributed by atoms with Crippen molar-refractivity contribution in [1.29, 1.82) is 0 Å². The number of aryl methyl sites for hydroxylation is 2. The summed E-state index contributed by atoms with van der Waals surface area (Å²) in [6.45, 7) is 5.30. The van der Waals surface area contributed by atoms with Gasteiger partial charge in [-0.1, -0.05) is 6.92 Å². The van der Waals surface area contributed by atoms with Gasteiger partial charge in [-0.25, -0.2) is 9.97 Å². The fraction of sp³-hybridized carbons (Fsp3) is 0.571. The lowest BCUT2D eigenvalue weighted by atomic mass is 10.3. The molecular formula is C14H19F3N4. The summed E-state index contributed by atoms with van der Waals surface area (Å²) in [5.74, 6) is 0.533. The van der Waals surface area contributed by atoms with Crippen LogP contribution in [0.25, 0.3) is 5.78 Å². The predicted octanol–water partition coefficient (Wildman–Crippen LogP) is 3.12. The molecule has 0 aliphatic heterocycles. The summed E-state index contributed by atoms with van der Waals surface area (Å²) < 4.78 is 39.5. The van der Waals surface area contributed by atoms with E-state index in [2.05, 4.69) is 9.97 Å². The zero-order chi connectivity index (χ0) is 15.6. The van der Waals surface area contributed by atoms with Crippen LogP contribution in [0.1, 0.15) is 30.4 Å². The molecule has 0 atom stereocenters. The van der Waals surface area contributed by atoms with Gasteiger partial charge in [0, 0.05) is 24.1 Å². The summed E-state index contributed by atoms with van der Waals surface area (Å²) >= 11 is 0. The van der Waals surface area contributed by atoms with Crippen LogP contribution in [0.15, 0.2) is 12.3 Å². The third kappa shape index (κ3) is 4.17. The molecule has 2 aromatic rings. The number of aromatic nitrogens is 3. The molecule has 2 heterocycles. The first kappa shape index (κ1) is 15.8. The van der Waals surface area contributed by atoms with Crippen molar-refractivity contribution in [2.75, 3.05) is 13.1 Å². The molecule has 0 saturated heterocycles. The average Bonchev–Trinajstić information content (AvgIpc) is 2.69.